The minimum atomic E-state index is -3.41. The summed E-state index contributed by atoms with van der Waals surface area (Å²) in [5.74, 6) is -5.94. The van der Waals surface area contributed by atoms with Gasteiger partial charge in [-0.1, -0.05) is 48.4 Å². The van der Waals surface area contributed by atoms with E-state index in [-0.39, 0.29) is 40.7 Å². The first-order valence-electron chi connectivity index (χ1n) is 22.1. The van der Waals surface area contributed by atoms with Gasteiger partial charge in [-0.2, -0.15) is 0 Å². The van der Waals surface area contributed by atoms with Crippen molar-refractivity contribution in [2.75, 3.05) is 55.6 Å². The Morgan fingerprint density at radius 2 is 1.52 bits per heavy atom. The average Bonchev–Trinajstić information content (AvgIpc) is 3.57. The lowest BCUT2D eigenvalue weighted by Crippen LogP contribution is -2.52. The van der Waals surface area contributed by atoms with Crippen LogP contribution in [-0.2, 0) is 22.1 Å². The van der Waals surface area contributed by atoms with E-state index in [0.29, 0.717) is 30.0 Å². The Labute approximate surface area is 332 Å². The van der Waals surface area contributed by atoms with Crippen molar-refractivity contribution in [2.45, 2.75) is 62.4 Å². The van der Waals surface area contributed by atoms with E-state index in [0.717, 1.165) is 81.7 Å². The number of alkyl halides is 2. The van der Waals surface area contributed by atoms with Gasteiger partial charge in [-0.25, -0.2) is 8.78 Å². The molecular weight excluding hydrogens is 713 g/mol. The van der Waals surface area contributed by atoms with Gasteiger partial charge in [0, 0.05) is 99.5 Å². The Kier molecular flexibility index (Phi) is 8.08. The molecule has 2 N–H and O–H groups in total. The van der Waals surface area contributed by atoms with E-state index in [1.807, 2.05) is 36.4 Å². The first-order chi connectivity index (χ1) is 29.2. The standard InChI is InChI=1S/C45H47F2N5O4/c46-45(47)26-38(30-4-2-1-3-5-30)42(37-13-11-35(53)25-39(37)45)31-6-8-33(9-7-31)50-18-16-29(17-19-50)27-49-20-22-51(23-21-49)34-10-12-36-32(24-34)28-52(44(36)56)40-14-15-41(54)48-43(40)55/h1-13,24-25,29,38,40,42,53H,14-23,26-28H2,(H,48,54,55)/t38-,40+,42-/m1/s1/i1D,2D,3D,4D,5D. The zero-order valence-electron chi connectivity index (χ0n) is 36.0. The third-order valence-electron chi connectivity index (χ3n) is 12.5. The van der Waals surface area contributed by atoms with Crippen molar-refractivity contribution < 1.29 is 35.1 Å². The minimum Gasteiger partial charge on any atom is -0.508 e. The number of hydrogen-bond donors (Lipinski definition) is 2. The molecule has 0 unspecified atom stereocenters. The molecule has 4 aromatic rings. The molecule has 3 atom stereocenters. The van der Waals surface area contributed by atoms with Crippen molar-refractivity contribution in [3.05, 3.63) is 124 Å². The van der Waals surface area contributed by atoms with Crippen LogP contribution in [0.4, 0.5) is 20.2 Å². The Balaban J connectivity index is 0.828. The molecule has 0 radical (unpaired) electrons. The third kappa shape index (κ3) is 6.91. The molecule has 1 aliphatic carbocycles. The van der Waals surface area contributed by atoms with Gasteiger partial charge in [0.2, 0.25) is 11.8 Å². The van der Waals surface area contributed by atoms with Crippen LogP contribution in [0.2, 0.25) is 0 Å². The Hall–Kier alpha value is -5.29. The number of nitrogens with zero attached hydrogens (tertiary/aromatic N) is 4. The molecule has 4 aliphatic heterocycles. The molecule has 0 aromatic heterocycles. The molecular formula is C45H47F2N5O4. The van der Waals surface area contributed by atoms with E-state index >= 15 is 8.78 Å². The summed E-state index contributed by atoms with van der Waals surface area (Å²) in [6.45, 7) is 6.62. The molecule has 4 heterocycles. The number of halogens is 2. The van der Waals surface area contributed by atoms with Crippen LogP contribution in [-0.4, -0.2) is 84.5 Å². The summed E-state index contributed by atoms with van der Waals surface area (Å²) >= 11 is 0. The SMILES string of the molecule is [2H]c1c([2H])c([2H])c([C@H]2CC(F)(F)c3cc(O)ccc3[C@H]2c2ccc(N3CCC(CN4CCN(c5ccc6c(c5)CN([C@H]5CCC(=O)NC5=O)C6=O)CC4)CC3)cc2)c([2H])c1[2H]. The second-order valence-corrected chi connectivity index (χ2v) is 15.9. The second-order valence-electron chi connectivity index (χ2n) is 15.9. The van der Waals surface area contributed by atoms with Gasteiger partial charge < -0.3 is 19.8 Å². The monoisotopic (exact) mass is 764 g/mol. The van der Waals surface area contributed by atoms with Gasteiger partial charge in [0.1, 0.15) is 11.8 Å². The zero-order chi connectivity index (χ0) is 42.9. The maximum Gasteiger partial charge on any atom is 0.274 e. The van der Waals surface area contributed by atoms with Gasteiger partial charge in [0.05, 0.1) is 6.85 Å². The van der Waals surface area contributed by atoms with Crippen LogP contribution in [0.3, 0.4) is 0 Å². The van der Waals surface area contributed by atoms with Crippen LogP contribution >= 0.6 is 0 Å². The van der Waals surface area contributed by atoms with Gasteiger partial charge in [0.25, 0.3) is 11.8 Å². The van der Waals surface area contributed by atoms with Crippen molar-refractivity contribution in [2.24, 2.45) is 5.92 Å². The number of phenols is 1. The summed E-state index contributed by atoms with van der Waals surface area (Å²) < 4.78 is 73.6. The number of fused-ring (bicyclic) bond motifs is 2. The number of imide groups is 1. The van der Waals surface area contributed by atoms with Gasteiger partial charge in [0.15, 0.2) is 0 Å². The van der Waals surface area contributed by atoms with Crippen LogP contribution in [0.15, 0.2) is 90.9 Å². The van der Waals surface area contributed by atoms with E-state index in [1.54, 1.807) is 4.90 Å². The molecule has 4 aromatic carbocycles. The predicted molar refractivity (Wildman–Crippen MR) is 210 cm³/mol. The smallest absolute Gasteiger partial charge is 0.274 e. The zero-order valence-corrected chi connectivity index (χ0v) is 31.0. The maximum atomic E-state index is 15.8. The number of benzene rings is 4. The molecule has 56 heavy (non-hydrogen) atoms. The number of piperazine rings is 1. The van der Waals surface area contributed by atoms with Crippen molar-refractivity contribution in [1.82, 2.24) is 15.1 Å². The molecule has 0 bridgehead atoms. The summed E-state index contributed by atoms with van der Waals surface area (Å²) in [7, 11) is 0. The summed E-state index contributed by atoms with van der Waals surface area (Å²) in [4.78, 5) is 46.0. The van der Waals surface area contributed by atoms with E-state index in [9.17, 15) is 19.5 Å². The molecule has 290 valence electrons. The number of carbonyl (C=O) groups excluding carboxylic acids is 3. The highest BCUT2D eigenvalue weighted by molar-refractivity contribution is 6.05. The Bertz CT molecular complexity index is 2390. The average molecular weight is 765 g/mol. The van der Waals surface area contributed by atoms with Gasteiger partial charge >= 0.3 is 0 Å². The number of amides is 3. The fourth-order valence-corrected chi connectivity index (χ4v) is 9.56. The Morgan fingerprint density at radius 3 is 2.25 bits per heavy atom. The largest absolute Gasteiger partial charge is 0.508 e. The van der Waals surface area contributed by atoms with Crippen LogP contribution in [0, 0.1) is 5.92 Å². The number of aromatic hydroxyl groups is 1. The number of anilines is 2. The van der Waals surface area contributed by atoms with E-state index < -0.39 is 66.3 Å². The number of carbonyl (C=O) groups is 3. The van der Waals surface area contributed by atoms with Crippen molar-refractivity contribution in [1.29, 1.82) is 0 Å². The van der Waals surface area contributed by atoms with E-state index in [4.69, 9.17) is 6.85 Å². The molecule has 3 amide bonds. The summed E-state index contributed by atoms with van der Waals surface area (Å²) in [6, 6.07) is 14.2. The molecule has 5 aliphatic rings. The lowest BCUT2D eigenvalue weighted by Gasteiger charge is -2.40. The van der Waals surface area contributed by atoms with Crippen LogP contribution in [0.1, 0.15) is 89.0 Å². The van der Waals surface area contributed by atoms with Gasteiger partial charge in [-0.05, 0) is 89.9 Å². The number of piperidine rings is 2. The first-order valence-corrected chi connectivity index (χ1v) is 19.6. The first kappa shape index (κ1) is 30.9. The third-order valence-corrected chi connectivity index (χ3v) is 12.5. The van der Waals surface area contributed by atoms with E-state index in [1.165, 1.54) is 12.1 Å². The number of hydrogen-bond acceptors (Lipinski definition) is 7. The fraction of sp³-hybridized carbons (Fsp3) is 0.400. The van der Waals surface area contributed by atoms with Gasteiger partial charge in [-0.15, -0.1) is 0 Å². The topological polar surface area (TPSA) is 96.4 Å². The highest BCUT2D eigenvalue weighted by atomic mass is 19.3. The lowest BCUT2D eigenvalue weighted by molar-refractivity contribution is -0.136. The molecule has 9 nitrogen and oxygen atoms in total. The number of rotatable bonds is 7. The molecule has 3 saturated heterocycles. The highest BCUT2D eigenvalue weighted by Gasteiger charge is 2.47. The molecule has 11 heteroatoms. The summed E-state index contributed by atoms with van der Waals surface area (Å²) in [6.07, 6.45) is 1.80. The summed E-state index contributed by atoms with van der Waals surface area (Å²) in [5, 5.41) is 12.5. The van der Waals surface area contributed by atoms with Gasteiger partial charge in [-0.3, -0.25) is 24.6 Å². The normalized spacial score (nSPS) is 25.5. The highest BCUT2D eigenvalue weighted by Crippen LogP contribution is 2.55. The van der Waals surface area contributed by atoms with Crippen molar-refractivity contribution >= 4 is 29.1 Å². The van der Waals surface area contributed by atoms with Crippen molar-refractivity contribution in [3.63, 3.8) is 0 Å². The van der Waals surface area contributed by atoms with E-state index in [2.05, 4.69) is 26.1 Å². The van der Waals surface area contributed by atoms with Crippen LogP contribution in [0.25, 0.3) is 0 Å². The molecule has 9 rings (SSSR count). The minimum absolute atomic E-state index is 0.136. The predicted octanol–water partition coefficient (Wildman–Crippen LogP) is 6.60. The number of phenolic OH excluding ortho intramolecular Hbond substituents is 1. The molecule has 0 spiro atoms. The quantitative estimate of drug-likeness (QED) is 0.205. The maximum absolute atomic E-state index is 15.8. The lowest BCUT2D eigenvalue weighted by atomic mass is 9.68. The van der Waals surface area contributed by atoms with Crippen LogP contribution in [0.5, 0.6) is 5.75 Å². The second kappa shape index (κ2) is 14.7. The molecule has 0 saturated carbocycles. The van der Waals surface area contributed by atoms with Crippen molar-refractivity contribution in [3.8, 4) is 5.75 Å². The number of nitrogens with one attached hydrogen (secondary N) is 1. The molecule has 3 fully saturated rings. The van der Waals surface area contributed by atoms with Crippen LogP contribution < -0.4 is 15.1 Å². The fourth-order valence-electron chi connectivity index (χ4n) is 9.56. The Morgan fingerprint density at radius 1 is 0.804 bits per heavy atom. The summed E-state index contributed by atoms with van der Waals surface area (Å²) in [5.41, 5.74) is 4.04.